The normalized spacial score (nSPS) is 10.1. The summed E-state index contributed by atoms with van der Waals surface area (Å²) in [7, 11) is 0. The highest BCUT2D eigenvalue weighted by Crippen LogP contribution is 1.99. The summed E-state index contributed by atoms with van der Waals surface area (Å²) in [4.78, 5) is 46.9. The number of carbonyl (C=O) groups excluding carboxylic acids is 1. The fourth-order valence-electron chi connectivity index (χ4n) is 1.35. The summed E-state index contributed by atoms with van der Waals surface area (Å²) >= 11 is 0. The van der Waals surface area contributed by atoms with E-state index in [1.54, 1.807) is 6.92 Å². The van der Waals surface area contributed by atoms with Gasteiger partial charge in [0.05, 0.1) is 0 Å². The van der Waals surface area contributed by atoms with Crippen LogP contribution in [0.15, 0.2) is 9.59 Å². The van der Waals surface area contributed by atoms with E-state index in [-0.39, 0.29) is 6.54 Å². The number of Topliss-reactive ketones (excluding diaryl/α,β-unsaturated/α-hetero) is 1. The molecule has 1 heterocycles. The summed E-state index contributed by atoms with van der Waals surface area (Å²) in [5, 5.41) is 8.76. The highest BCUT2D eigenvalue weighted by molar-refractivity contribution is 6.03. The Morgan fingerprint density at radius 1 is 1.38 bits per heavy atom. The van der Waals surface area contributed by atoms with Crippen LogP contribution in [0.25, 0.3) is 0 Å². The molecular weight excluding hydrogens is 216 g/mol. The first-order valence-corrected chi connectivity index (χ1v) is 4.51. The molecule has 0 radical (unpaired) electrons. The van der Waals surface area contributed by atoms with E-state index in [0.29, 0.717) is 0 Å². The zero-order chi connectivity index (χ0) is 12.5. The molecule has 7 nitrogen and oxygen atoms in total. The molecule has 0 spiro atoms. The van der Waals surface area contributed by atoms with Crippen LogP contribution < -0.4 is 11.2 Å². The Labute approximate surface area is 89.3 Å². The number of aromatic amines is 1. The lowest BCUT2D eigenvalue weighted by Crippen LogP contribution is -2.40. The van der Waals surface area contributed by atoms with Gasteiger partial charge in [-0.2, -0.15) is 0 Å². The lowest BCUT2D eigenvalue weighted by Gasteiger charge is -2.05. The largest absolute Gasteiger partial charge is 0.477 e. The molecule has 0 aliphatic heterocycles. The molecule has 0 aliphatic carbocycles. The van der Waals surface area contributed by atoms with E-state index in [1.807, 2.05) is 4.98 Å². The first-order valence-electron chi connectivity index (χ1n) is 4.51. The minimum atomic E-state index is -1.51. The Morgan fingerprint density at radius 2 is 1.94 bits per heavy atom. The highest BCUT2D eigenvalue weighted by atomic mass is 16.4. The van der Waals surface area contributed by atoms with Crippen molar-refractivity contribution in [1.29, 1.82) is 0 Å². The van der Waals surface area contributed by atoms with Crippen LogP contribution in [0.3, 0.4) is 0 Å². The van der Waals surface area contributed by atoms with Gasteiger partial charge in [0.1, 0.15) is 11.3 Å². The number of ketones is 1. The van der Waals surface area contributed by atoms with E-state index in [1.165, 1.54) is 0 Å². The van der Waals surface area contributed by atoms with Crippen LogP contribution in [-0.2, 0) is 6.54 Å². The van der Waals surface area contributed by atoms with Gasteiger partial charge in [-0.15, -0.1) is 0 Å². The fourth-order valence-corrected chi connectivity index (χ4v) is 1.35. The molecule has 0 atom stereocenters. The number of carbonyl (C=O) groups is 2. The van der Waals surface area contributed by atoms with E-state index < -0.39 is 34.3 Å². The first-order chi connectivity index (χ1) is 7.40. The van der Waals surface area contributed by atoms with Crippen molar-refractivity contribution in [2.24, 2.45) is 0 Å². The lowest BCUT2D eigenvalue weighted by atomic mass is 10.1. The molecule has 1 aromatic heterocycles. The first kappa shape index (κ1) is 11.9. The molecule has 0 saturated heterocycles. The van der Waals surface area contributed by atoms with Gasteiger partial charge < -0.3 is 10.1 Å². The number of hydrogen-bond donors (Lipinski definition) is 2. The quantitative estimate of drug-likeness (QED) is 0.672. The molecule has 0 bridgehead atoms. The predicted molar refractivity (Wildman–Crippen MR) is 54.0 cm³/mol. The molecule has 0 aromatic carbocycles. The zero-order valence-electron chi connectivity index (χ0n) is 8.73. The lowest BCUT2D eigenvalue weighted by molar-refractivity contribution is 0.0684. The van der Waals surface area contributed by atoms with Crippen LogP contribution in [0.1, 0.15) is 34.7 Å². The minimum Gasteiger partial charge on any atom is -0.477 e. The molecule has 0 aliphatic rings. The zero-order valence-corrected chi connectivity index (χ0v) is 8.73. The second-order valence-electron chi connectivity index (χ2n) is 3.09. The van der Waals surface area contributed by atoms with Crippen molar-refractivity contribution in [2.45, 2.75) is 20.4 Å². The van der Waals surface area contributed by atoms with Crippen LogP contribution in [0.4, 0.5) is 0 Å². The van der Waals surface area contributed by atoms with E-state index in [4.69, 9.17) is 5.11 Å². The Bertz CT molecular complexity index is 566. The van der Waals surface area contributed by atoms with E-state index in [9.17, 15) is 19.2 Å². The monoisotopic (exact) mass is 226 g/mol. The summed E-state index contributed by atoms with van der Waals surface area (Å²) in [6, 6.07) is 0. The van der Waals surface area contributed by atoms with Gasteiger partial charge in [-0.25, -0.2) is 9.59 Å². The number of nitrogens with zero attached hydrogens (tertiary/aromatic N) is 1. The number of aromatic carboxylic acids is 1. The van der Waals surface area contributed by atoms with Gasteiger partial charge in [0.2, 0.25) is 0 Å². The number of rotatable bonds is 3. The maximum atomic E-state index is 11.6. The predicted octanol–water partition coefficient (Wildman–Crippen LogP) is -0.543. The van der Waals surface area contributed by atoms with Gasteiger partial charge in [-0.3, -0.25) is 14.2 Å². The van der Waals surface area contributed by atoms with Gasteiger partial charge in [0.15, 0.2) is 5.78 Å². The van der Waals surface area contributed by atoms with Crippen LogP contribution in [-0.4, -0.2) is 26.4 Å². The number of nitrogens with one attached hydrogen (secondary N) is 1. The smallest absolute Gasteiger partial charge is 0.353 e. The number of carboxylic acid groups (broad SMARTS) is 1. The number of carboxylic acids is 1. The standard InChI is InChI=1S/C9H10N2O5/c1-3-11-7(13)5(4(2)12)6(8(14)15)10-9(11)16/h3H2,1-2H3,(H,10,16)(H,14,15). The Morgan fingerprint density at radius 3 is 2.31 bits per heavy atom. The van der Waals surface area contributed by atoms with Crippen molar-refractivity contribution >= 4 is 11.8 Å². The number of H-pyrrole nitrogens is 1. The summed E-state index contributed by atoms with van der Waals surface area (Å²) in [6.07, 6.45) is 0. The maximum Gasteiger partial charge on any atom is 0.353 e. The van der Waals surface area contributed by atoms with Crippen molar-refractivity contribution in [3.8, 4) is 0 Å². The molecule has 1 rings (SSSR count). The molecule has 2 N–H and O–H groups in total. The minimum absolute atomic E-state index is 0.0638. The third-order valence-electron chi connectivity index (χ3n) is 2.07. The molecular formula is C9H10N2O5. The summed E-state index contributed by atoms with van der Waals surface area (Å²) in [5.41, 5.74) is -2.88. The van der Waals surface area contributed by atoms with Crippen LogP contribution in [0.5, 0.6) is 0 Å². The summed E-state index contributed by atoms with van der Waals surface area (Å²) in [5.74, 6) is -2.21. The van der Waals surface area contributed by atoms with Crippen molar-refractivity contribution in [3.05, 3.63) is 32.1 Å². The third kappa shape index (κ3) is 1.79. The number of hydrogen-bond acceptors (Lipinski definition) is 4. The topological polar surface area (TPSA) is 109 Å². The van der Waals surface area contributed by atoms with Crippen LogP contribution in [0, 0.1) is 0 Å². The summed E-state index contributed by atoms with van der Waals surface area (Å²) in [6.45, 7) is 2.68. The molecule has 7 heteroatoms. The summed E-state index contributed by atoms with van der Waals surface area (Å²) < 4.78 is 0.767. The fraction of sp³-hybridized carbons (Fsp3) is 0.333. The van der Waals surface area contributed by atoms with Gasteiger partial charge in [-0.1, -0.05) is 0 Å². The Kier molecular flexibility index (Phi) is 3.07. The maximum absolute atomic E-state index is 11.6. The van der Waals surface area contributed by atoms with Crippen molar-refractivity contribution < 1.29 is 14.7 Å². The molecule has 1 aromatic rings. The molecule has 0 fully saturated rings. The van der Waals surface area contributed by atoms with Crippen molar-refractivity contribution in [2.75, 3.05) is 0 Å². The van der Waals surface area contributed by atoms with Crippen molar-refractivity contribution in [1.82, 2.24) is 9.55 Å². The van der Waals surface area contributed by atoms with Gasteiger partial charge in [-0.05, 0) is 13.8 Å². The van der Waals surface area contributed by atoms with E-state index in [2.05, 4.69) is 0 Å². The van der Waals surface area contributed by atoms with Gasteiger partial charge in [0, 0.05) is 6.54 Å². The number of aromatic nitrogens is 2. The van der Waals surface area contributed by atoms with Crippen LogP contribution in [0.2, 0.25) is 0 Å². The second kappa shape index (κ2) is 4.13. The average Bonchev–Trinajstić information content (AvgIpc) is 2.16. The average molecular weight is 226 g/mol. The van der Waals surface area contributed by atoms with Gasteiger partial charge in [0.25, 0.3) is 5.56 Å². The second-order valence-corrected chi connectivity index (χ2v) is 3.09. The Balaban J connectivity index is 3.81. The van der Waals surface area contributed by atoms with Crippen LogP contribution >= 0.6 is 0 Å². The molecule has 0 amide bonds. The Hall–Kier alpha value is -2.18. The molecule has 0 unspecified atom stereocenters. The molecule has 86 valence electrons. The highest BCUT2D eigenvalue weighted by Gasteiger charge is 2.21. The SMILES string of the molecule is CCn1c(=O)[nH]c(C(=O)O)c(C(C)=O)c1=O. The van der Waals surface area contributed by atoms with E-state index >= 15 is 0 Å². The van der Waals surface area contributed by atoms with Crippen molar-refractivity contribution in [3.63, 3.8) is 0 Å². The van der Waals surface area contributed by atoms with Gasteiger partial charge >= 0.3 is 11.7 Å². The molecule has 0 saturated carbocycles. The van der Waals surface area contributed by atoms with E-state index in [0.717, 1.165) is 11.5 Å². The molecule has 16 heavy (non-hydrogen) atoms. The third-order valence-corrected chi connectivity index (χ3v) is 2.07.